The number of benzene rings is 2. The number of anilines is 2. The predicted octanol–water partition coefficient (Wildman–Crippen LogP) is 3.29. The molecule has 2 aromatic rings. The third kappa shape index (κ3) is 2.95. The number of hydrogen-bond acceptors (Lipinski definition) is 3. The Morgan fingerprint density at radius 1 is 1.30 bits per heavy atom. The number of nitrogen functional groups attached to an aromatic ring is 1. The summed E-state index contributed by atoms with van der Waals surface area (Å²) < 4.78 is 13.7. The monoisotopic (exact) mass is 333 g/mol. The number of nitriles is 1. The predicted molar refractivity (Wildman–Crippen MR) is 77.6 cm³/mol. The van der Waals surface area contributed by atoms with Gasteiger partial charge in [-0.2, -0.15) is 5.26 Å². The molecule has 0 aromatic heterocycles. The van der Waals surface area contributed by atoms with Gasteiger partial charge in [-0.25, -0.2) is 4.39 Å². The second-order valence-corrected chi connectivity index (χ2v) is 4.85. The zero-order valence-electron chi connectivity index (χ0n) is 10.2. The van der Waals surface area contributed by atoms with Gasteiger partial charge in [0.15, 0.2) is 0 Å². The molecule has 0 radical (unpaired) electrons. The summed E-state index contributed by atoms with van der Waals surface area (Å²) in [4.78, 5) is 12.0. The lowest BCUT2D eigenvalue weighted by atomic mass is 10.1. The van der Waals surface area contributed by atoms with Crippen LogP contribution in [0.25, 0.3) is 0 Å². The molecular formula is C14H9BrFN3O. The first-order valence-electron chi connectivity index (χ1n) is 5.57. The van der Waals surface area contributed by atoms with Crippen LogP contribution in [-0.4, -0.2) is 5.91 Å². The van der Waals surface area contributed by atoms with E-state index in [9.17, 15) is 9.18 Å². The minimum absolute atomic E-state index is 0.159. The molecule has 0 aliphatic rings. The van der Waals surface area contributed by atoms with Crippen LogP contribution in [0.15, 0.2) is 40.9 Å². The molecule has 2 aromatic carbocycles. The van der Waals surface area contributed by atoms with E-state index in [2.05, 4.69) is 21.2 Å². The summed E-state index contributed by atoms with van der Waals surface area (Å²) in [6, 6.07) is 10.5. The molecule has 0 unspecified atom stereocenters. The zero-order valence-corrected chi connectivity index (χ0v) is 11.7. The zero-order chi connectivity index (χ0) is 14.7. The van der Waals surface area contributed by atoms with Crippen molar-refractivity contribution in [1.82, 2.24) is 0 Å². The second kappa shape index (κ2) is 5.72. The Morgan fingerprint density at radius 3 is 2.70 bits per heavy atom. The molecule has 100 valence electrons. The largest absolute Gasteiger partial charge is 0.399 e. The van der Waals surface area contributed by atoms with Crippen LogP contribution in [0, 0.1) is 17.1 Å². The van der Waals surface area contributed by atoms with E-state index in [1.807, 2.05) is 6.07 Å². The van der Waals surface area contributed by atoms with Crippen LogP contribution in [0.2, 0.25) is 0 Å². The van der Waals surface area contributed by atoms with E-state index in [4.69, 9.17) is 11.0 Å². The number of amides is 1. The highest BCUT2D eigenvalue weighted by atomic mass is 79.9. The molecular weight excluding hydrogens is 325 g/mol. The molecule has 0 saturated carbocycles. The molecule has 0 fully saturated rings. The third-order valence-corrected chi connectivity index (χ3v) is 3.24. The molecule has 0 aliphatic heterocycles. The van der Waals surface area contributed by atoms with Crippen molar-refractivity contribution in [2.75, 3.05) is 11.1 Å². The van der Waals surface area contributed by atoms with E-state index < -0.39 is 11.7 Å². The van der Waals surface area contributed by atoms with Crippen LogP contribution >= 0.6 is 15.9 Å². The summed E-state index contributed by atoms with van der Waals surface area (Å²) >= 11 is 3.01. The van der Waals surface area contributed by atoms with Gasteiger partial charge in [0.1, 0.15) is 11.9 Å². The molecule has 0 saturated heterocycles. The van der Waals surface area contributed by atoms with Crippen molar-refractivity contribution in [3.63, 3.8) is 0 Å². The number of nitrogens with one attached hydrogen (secondary N) is 1. The Bertz CT molecular complexity index is 725. The van der Waals surface area contributed by atoms with Crippen LogP contribution in [0.3, 0.4) is 0 Å². The standard InChI is InChI=1S/C14H9BrFN3O/c15-11-3-1-8(6-12(11)16)14(20)19-13-4-2-10(18)5-9(13)7-17/h1-6H,18H2,(H,19,20). The molecule has 0 aliphatic carbocycles. The highest BCUT2D eigenvalue weighted by Gasteiger charge is 2.11. The van der Waals surface area contributed by atoms with Crippen LogP contribution in [0.4, 0.5) is 15.8 Å². The maximum Gasteiger partial charge on any atom is 0.255 e. The molecule has 3 N–H and O–H groups in total. The summed E-state index contributed by atoms with van der Waals surface area (Å²) in [5, 5.41) is 11.5. The average Bonchev–Trinajstić information content (AvgIpc) is 2.43. The van der Waals surface area contributed by atoms with Gasteiger partial charge in [0, 0.05) is 11.3 Å². The van der Waals surface area contributed by atoms with Gasteiger partial charge in [-0.3, -0.25) is 4.79 Å². The molecule has 6 heteroatoms. The average molecular weight is 334 g/mol. The van der Waals surface area contributed by atoms with Crippen molar-refractivity contribution in [3.8, 4) is 6.07 Å². The van der Waals surface area contributed by atoms with E-state index >= 15 is 0 Å². The lowest BCUT2D eigenvalue weighted by molar-refractivity contribution is 0.102. The topological polar surface area (TPSA) is 78.9 Å². The number of halogens is 2. The van der Waals surface area contributed by atoms with Gasteiger partial charge in [-0.15, -0.1) is 0 Å². The van der Waals surface area contributed by atoms with Gasteiger partial charge in [0.25, 0.3) is 5.91 Å². The number of carbonyl (C=O) groups excluding carboxylic acids is 1. The summed E-state index contributed by atoms with van der Waals surface area (Å²) in [6.45, 7) is 0. The van der Waals surface area contributed by atoms with Crippen LogP contribution in [0.1, 0.15) is 15.9 Å². The summed E-state index contributed by atoms with van der Waals surface area (Å²) in [7, 11) is 0. The quantitative estimate of drug-likeness (QED) is 0.827. The fourth-order valence-electron chi connectivity index (χ4n) is 1.60. The maximum atomic E-state index is 13.4. The van der Waals surface area contributed by atoms with Gasteiger partial charge in [-0.05, 0) is 52.3 Å². The molecule has 0 atom stereocenters. The number of rotatable bonds is 2. The molecule has 0 bridgehead atoms. The second-order valence-electron chi connectivity index (χ2n) is 4.00. The fourth-order valence-corrected chi connectivity index (χ4v) is 1.84. The Kier molecular flexibility index (Phi) is 4.01. The van der Waals surface area contributed by atoms with Crippen molar-refractivity contribution in [3.05, 3.63) is 57.8 Å². The van der Waals surface area contributed by atoms with Crippen LogP contribution < -0.4 is 11.1 Å². The van der Waals surface area contributed by atoms with E-state index in [-0.39, 0.29) is 15.6 Å². The SMILES string of the molecule is N#Cc1cc(N)ccc1NC(=O)c1ccc(Br)c(F)c1. The molecule has 4 nitrogen and oxygen atoms in total. The van der Waals surface area contributed by atoms with E-state index in [1.165, 1.54) is 24.3 Å². The molecule has 0 spiro atoms. The van der Waals surface area contributed by atoms with Gasteiger partial charge < -0.3 is 11.1 Å². The number of carbonyl (C=O) groups is 1. The Balaban J connectivity index is 2.28. The Morgan fingerprint density at radius 2 is 2.05 bits per heavy atom. The van der Waals surface area contributed by atoms with Crippen LogP contribution in [0.5, 0.6) is 0 Å². The first kappa shape index (κ1) is 14.0. The van der Waals surface area contributed by atoms with Gasteiger partial charge in [-0.1, -0.05) is 0 Å². The summed E-state index contributed by atoms with van der Waals surface area (Å²) in [5.41, 5.74) is 6.72. The van der Waals surface area contributed by atoms with E-state index in [1.54, 1.807) is 6.07 Å². The van der Waals surface area contributed by atoms with Gasteiger partial charge >= 0.3 is 0 Å². The molecule has 1 amide bonds. The number of nitrogens with two attached hydrogens (primary N) is 1. The molecule has 2 rings (SSSR count). The smallest absolute Gasteiger partial charge is 0.255 e. The van der Waals surface area contributed by atoms with E-state index in [0.29, 0.717) is 11.4 Å². The van der Waals surface area contributed by atoms with Crippen LogP contribution in [-0.2, 0) is 0 Å². The molecule has 20 heavy (non-hydrogen) atoms. The normalized spacial score (nSPS) is 9.85. The van der Waals surface area contributed by atoms with Crippen molar-refractivity contribution in [2.24, 2.45) is 0 Å². The summed E-state index contributed by atoms with van der Waals surface area (Å²) in [6.07, 6.45) is 0. The van der Waals surface area contributed by atoms with E-state index in [0.717, 1.165) is 6.07 Å². The van der Waals surface area contributed by atoms with Crippen molar-refractivity contribution in [2.45, 2.75) is 0 Å². The Hall–Kier alpha value is -2.39. The van der Waals surface area contributed by atoms with Gasteiger partial charge in [0.05, 0.1) is 15.7 Å². The lowest BCUT2D eigenvalue weighted by Gasteiger charge is -2.08. The lowest BCUT2D eigenvalue weighted by Crippen LogP contribution is -2.13. The fraction of sp³-hybridized carbons (Fsp3) is 0. The van der Waals surface area contributed by atoms with Crippen molar-refractivity contribution < 1.29 is 9.18 Å². The first-order valence-corrected chi connectivity index (χ1v) is 6.36. The molecule has 0 heterocycles. The highest BCUT2D eigenvalue weighted by Crippen LogP contribution is 2.20. The highest BCUT2D eigenvalue weighted by molar-refractivity contribution is 9.10. The third-order valence-electron chi connectivity index (χ3n) is 2.59. The first-order chi connectivity index (χ1) is 9.51. The van der Waals surface area contributed by atoms with Gasteiger partial charge in [0.2, 0.25) is 0 Å². The number of hydrogen-bond donors (Lipinski definition) is 2. The minimum atomic E-state index is -0.532. The number of nitrogens with zero attached hydrogens (tertiary/aromatic N) is 1. The minimum Gasteiger partial charge on any atom is -0.399 e. The summed E-state index contributed by atoms with van der Waals surface area (Å²) in [5.74, 6) is -1.03. The van der Waals surface area contributed by atoms with Crippen molar-refractivity contribution >= 4 is 33.2 Å². The van der Waals surface area contributed by atoms with Crippen molar-refractivity contribution in [1.29, 1.82) is 5.26 Å². The maximum absolute atomic E-state index is 13.4. The Labute approximate surface area is 123 Å².